The second-order valence-corrected chi connectivity index (χ2v) is 5.86. The van der Waals surface area contributed by atoms with Crippen LogP contribution in [-0.4, -0.2) is 27.5 Å². The molecule has 1 amide bonds. The first kappa shape index (κ1) is 14.9. The summed E-state index contributed by atoms with van der Waals surface area (Å²) in [5, 5.41) is 0. The molecule has 6 heteroatoms. The van der Waals surface area contributed by atoms with Crippen LogP contribution in [0.1, 0.15) is 37.8 Å². The van der Waals surface area contributed by atoms with Crippen LogP contribution in [0, 0.1) is 5.41 Å². The van der Waals surface area contributed by atoms with Gasteiger partial charge >= 0.3 is 5.91 Å². The van der Waals surface area contributed by atoms with E-state index in [-0.39, 0.29) is 23.9 Å². The van der Waals surface area contributed by atoms with Gasteiger partial charge in [0, 0.05) is 5.41 Å². The monoisotopic (exact) mass is 286 g/mol. The van der Waals surface area contributed by atoms with Crippen LogP contribution in [0.5, 0.6) is 0 Å². The summed E-state index contributed by atoms with van der Waals surface area (Å²) in [6.45, 7) is 5.39. The van der Waals surface area contributed by atoms with Gasteiger partial charge in [0.15, 0.2) is 5.82 Å². The Morgan fingerprint density at radius 2 is 1.95 bits per heavy atom. The van der Waals surface area contributed by atoms with E-state index in [1.807, 2.05) is 18.2 Å². The van der Waals surface area contributed by atoms with Crippen molar-refractivity contribution in [3.05, 3.63) is 30.1 Å². The summed E-state index contributed by atoms with van der Waals surface area (Å²) < 4.78 is 0. The van der Waals surface area contributed by atoms with Crippen molar-refractivity contribution >= 4 is 28.6 Å². The van der Waals surface area contributed by atoms with Gasteiger partial charge in [-0.15, -0.1) is 0 Å². The summed E-state index contributed by atoms with van der Waals surface area (Å²) in [5.74, 6) is -0.533. The third kappa shape index (κ3) is 3.53. The number of carbonyl (C=O) groups is 2. The van der Waals surface area contributed by atoms with E-state index >= 15 is 0 Å². The maximum absolute atomic E-state index is 12.0. The number of Topliss-reactive ketones (excluding diaryl/α,β-unsaturated/α-hetero) is 1. The number of carbonyl (C=O) groups excluding carboxylic acids is 2. The van der Waals surface area contributed by atoms with Gasteiger partial charge in [0.25, 0.3) is 0 Å². The van der Waals surface area contributed by atoms with Crippen molar-refractivity contribution in [3.63, 3.8) is 0 Å². The number of amidine groups is 1. The molecule has 0 fully saturated rings. The van der Waals surface area contributed by atoms with Gasteiger partial charge in [0.2, 0.25) is 0 Å². The molecule has 1 aromatic carbocycles. The van der Waals surface area contributed by atoms with Gasteiger partial charge in [0.05, 0.1) is 17.5 Å². The fourth-order valence-electron chi connectivity index (χ4n) is 1.71. The van der Waals surface area contributed by atoms with Crippen LogP contribution < -0.4 is 5.73 Å². The van der Waals surface area contributed by atoms with E-state index < -0.39 is 11.3 Å². The number of imidazole rings is 1. The van der Waals surface area contributed by atoms with Gasteiger partial charge in [-0.1, -0.05) is 32.9 Å². The number of aromatic amines is 1. The van der Waals surface area contributed by atoms with Crippen molar-refractivity contribution in [1.82, 2.24) is 9.97 Å². The van der Waals surface area contributed by atoms with Gasteiger partial charge in [-0.25, -0.2) is 4.98 Å². The number of fused-ring (bicyclic) bond motifs is 1. The minimum Gasteiger partial charge on any atom is -0.387 e. The first-order valence-corrected chi connectivity index (χ1v) is 6.63. The number of aliphatic imine (C=N–C) groups is 1. The van der Waals surface area contributed by atoms with Gasteiger partial charge < -0.3 is 10.7 Å². The second kappa shape index (κ2) is 5.47. The fourth-order valence-corrected chi connectivity index (χ4v) is 1.71. The molecule has 0 saturated heterocycles. The molecule has 2 rings (SSSR count). The van der Waals surface area contributed by atoms with Gasteiger partial charge in [0.1, 0.15) is 11.6 Å². The van der Waals surface area contributed by atoms with E-state index in [4.69, 9.17) is 5.73 Å². The number of ketones is 1. The zero-order chi connectivity index (χ0) is 15.6. The number of hydrogen-bond acceptors (Lipinski definition) is 3. The molecule has 21 heavy (non-hydrogen) atoms. The highest BCUT2D eigenvalue weighted by Gasteiger charge is 2.22. The van der Waals surface area contributed by atoms with Crippen LogP contribution in [0.25, 0.3) is 11.0 Å². The van der Waals surface area contributed by atoms with E-state index in [1.54, 1.807) is 26.8 Å². The Kier molecular flexibility index (Phi) is 3.88. The first-order chi connectivity index (χ1) is 9.77. The van der Waals surface area contributed by atoms with E-state index in [0.717, 1.165) is 5.52 Å². The number of para-hydroxylation sites is 2. The lowest BCUT2D eigenvalue weighted by Gasteiger charge is -2.15. The lowest BCUT2D eigenvalue weighted by molar-refractivity contribution is -0.125. The van der Waals surface area contributed by atoms with E-state index in [0.29, 0.717) is 5.52 Å². The number of aromatic nitrogens is 2. The molecule has 0 bridgehead atoms. The predicted octanol–water partition coefficient (Wildman–Crippen LogP) is 2.07. The molecular formula is C15H18N4O2. The molecule has 0 aliphatic carbocycles. The number of nitrogens with one attached hydrogen (secondary N) is 1. The van der Waals surface area contributed by atoms with Crippen LogP contribution >= 0.6 is 0 Å². The number of nitrogens with two attached hydrogens (primary N) is 1. The average molecular weight is 286 g/mol. The summed E-state index contributed by atoms with van der Waals surface area (Å²) in [4.78, 5) is 34.6. The Labute approximate surface area is 122 Å². The maximum Gasteiger partial charge on any atom is 0.314 e. The highest BCUT2D eigenvalue weighted by molar-refractivity contribution is 6.08. The van der Waals surface area contributed by atoms with E-state index in [2.05, 4.69) is 15.0 Å². The number of hydrogen-bond donors (Lipinski definition) is 2. The van der Waals surface area contributed by atoms with Gasteiger partial charge in [-0.05, 0) is 12.1 Å². The molecule has 0 aliphatic heterocycles. The Bertz CT molecular complexity index is 690. The largest absolute Gasteiger partial charge is 0.387 e. The summed E-state index contributed by atoms with van der Waals surface area (Å²) in [6.07, 6.45) is -0.0462. The number of H-pyrrole nitrogens is 1. The molecule has 1 heterocycles. The lowest BCUT2D eigenvalue weighted by atomic mass is 9.89. The SMILES string of the molecule is CC(C)(C)C(=O)CC(N)=NC(=O)c1nc2ccccc2[nH]1. The van der Waals surface area contributed by atoms with Crippen molar-refractivity contribution in [2.24, 2.45) is 16.1 Å². The molecule has 110 valence electrons. The van der Waals surface area contributed by atoms with Crippen molar-refractivity contribution in [3.8, 4) is 0 Å². The lowest BCUT2D eigenvalue weighted by Crippen LogP contribution is -2.27. The molecule has 1 aromatic heterocycles. The molecule has 0 aliphatic rings. The minimum absolute atomic E-state index is 0.000353. The minimum atomic E-state index is -0.578. The Balaban J connectivity index is 2.16. The zero-order valence-corrected chi connectivity index (χ0v) is 12.3. The molecule has 6 nitrogen and oxygen atoms in total. The zero-order valence-electron chi connectivity index (χ0n) is 12.3. The maximum atomic E-state index is 12.0. The topological polar surface area (TPSA) is 101 Å². The van der Waals surface area contributed by atoms with Crippen LogP contribution in [0.15, 0.2) is 29.3 Å². The summed E-state index contributed by atoms with van der Waals surface area (Å²) in [6, 6.07) is 7.28. The Morgan fingerprint density at radius 1 is 1.29 bits per heavy atom. The summed E-state index contributed by atoms with van der Waals surface area (Å²) >= 11 is 0. The number of benzene rings is 1. The highest BCUT2D eigenvalue weighted by atomic mass is 16.1. The van der Waals surface area contributed by atoms with Gasteiger partial charge in [-0.3, -0.25) is 9.59 Å². The first-order valence-electron chi connectivity index (χ1n) is 6.63. The third-order valence-electron chi connectivity index (χ3n) is 3.02. The molecule has 0 saturated carbocycles. The average Bonchev–Trinajstić information content (AvgIpc) is 2.81. The quantitative estimate of drug-likeness (QED) is 0.666. The molecular weight excluding hydrogens is 268 g/mol. The third-order valence-corrected chi connectivity index (χ3v) is 3.02. The predicted molar refractivity (Wildman–Crippen MR) is 81.1 cm³/mol. The molecule has 0 radical (unpaired) electrons. The van der Waals surface area contributed by atoms with Crippen LogP contribution in [0.3, 0.4) is 0 Å². The fraction of sp³-hybridized carbons (Fsp3) is 0.333. The molecule has 0 atom stereocenters. The summed E-state index contributed by atoms with van der Waals surface area (Å²) in [5.41, 5.74) is 6.59. The summed E-state index contributed by atoms with van der Waals surface area (Å²) in [7, 11) is 0. The Morgan fingerprint density at radius 3 is 2.57 bits per heavy atom. The normalized spacial score (nSPS) is 12.6. The number of rotatable bonds is 3. The number of amides is 1. The van der Waals surface area contributed by atoms with Crippen LogP contribution in [0.2, 0.25) is 0 Å². The molecule has 3 N–H and O–H groups in total. The molecule has 0 spiro atoms. The van der Waals surface area contributed by atoms with Crippen molar-refractivity contribution in [1.29, 1.82) is 0 Å². The van der Waals surface area contributed by atoms with Crippen LogP contribution in [-0.2, 0) is 4.79 Å². The van der Waals surface area contributed by atoms with Crippen LogP contribution in [0.4, 0.5) is 0 Å². The second-order valence-electron chi connectivity index (χ2n) is 5.86. The van der Waals surface area contributed by atoms with E-state index in [9.17, 15) is 9.59 Å². The van der Waals surface area contributed by atoms with Crippen molar-refractivity contribution in [2.75, 3.05) is 0 Å². The standard InChI is InChI=1S/C15H18N4O2/c1-15(2,3)11(20)8-12(16)19-14(21)13-17-9-6-4-5-7-10(9)18-13/h4-7H,8H2,1-3H3,(H,17,18)(H2,16,19,21). The number of nitrogens with zero attached hydrogens (tertiary/aromatic N) is 2. The van der Waals surface area contributed by atoms with Crippen molar-refractivity contribution in [2.45, 2.75) is 27.2 Å². The van der Waals surface area contributed by atoms with Gasteiger partial charge in [-0.2, -0.15) is 4.99 Å². The highest BCUT2D eigenvalue weighted by Crippen LogP contribution is 2.16. The van der Waals surface area contributed by atoms with E-state index in [1.165, 1.54) is 0 Å². The van der Waals surface area contributed by atoms with Crippen molar-refractivity contribution < 1.29 is 9.59 Å². The smallest absolute Gasteiger partial charge is 0.314 e. The molecule has 2 aromatic rings. The Hall–Kier alpha value is -2.50. The molecule has 0 unspecified atom stereocenters.